The zero-order chi connectivity index (χ0) is 31.5. The van der Waals surface area contributed by atoms with E-state index in [1.165, 1.54) is 29.0 Å². The highest BCUT2D eigenvalue weighted by molar-refractivity contribution is 5.76. The van der Waals surface area contributed by atoms with Crippen molar-refractivity contribution in [3.05, 3.63) is 74.4 Å². The number of amides is 1. The van der Waals surface area contributed by atoms with Gasteiger partial charge in [0.15, 0.2) is 5.82 Å². The molecule has 0 unspecified atom stereocenters. The fourth-order valence-electron chi connectivity index (χ4n) is 4.53. The number of hydrogen-bond acceptors (Lipinski definition) is 8. The molecule has 0 saturated carbocycles. The molecule has 0 radical (unpaired) electrons. The minimum absolute atomic E-state index is 0.0434. The summed E-state index contributed by atoms with van der Waals surface area (Å²) in [6.07, 6.45) is -2.56. The van der Waals surface area contributed by atoms with Gasteiger partial charge in [-0.05, 0) is 76.4 Å². The van der Waals surface area contributed by atoms with Gasteiger partial charge in [0.25, 0.3) is 11.1 Å². The van der Waals surface area contributed by atoms with Crippen molar-refractivity contribution in [1.82, 2.24) is 19.2 Å². The molecule has 12 nitrogen and oxygen atoms in total. The largest absolute Gasteiger partial charge is 0.573 e. The van der Waals surface area contributed by atoms with Crippen LogP contribution in [-0.2, 0) is 28.9 Å². The monoisotopic (exact) mass is 605 g/mol. The van der Waals surface area contributed by atoms with Crippen LogP contribution in [0.5, 0.6) is 5.75 Å². The quantitative estimate of drug-likeness (QED) is 0.372. The molecule has 1 amide bonds. The van der Waals surface area contributed by atoms with E-state index < -0.39 is 47.4 Å². The minimum Gasteiger partial charge on any atom is -0.480 e. The molecule has 2 heterocycles. The highest BCUT2D eigenvalue weighted by Gasteiger charge is 2.31. The molecule has 15 heteroatoms. The molecule has 2 N–H and O–H groups in total. The number of rotatable bonds is 9. The van der Waals surface area contributed by atoms with Crippen LogP contribution in [0.25, 0.3) is 5.69 Å². The summed E-state index contributed by atoms with van der Waals surface area (Å²) in [7, 11) is 0. The fraction of sp³-hybridized carbons (Fsp3) is 0.393. The number of fused-ring (bicyclic) bond motifs is 1. The standard InChI is InChI=1S/C28H30F3N5O7/c1-27(2,3)43-26(41)35(16-22(37)38)15-14-34-13-5-8-21(25(34)40)32-23-19-6-4-7-20(19)24(39)36(33-23)17-9-11-18(12-10-17)42-28(29,30)31/h5,8-13H,4,6-7,14-16H2,1-3H3,(H,32,33)(H,37,38). The van der Waals surface area contributed by atoms with E-state index in [0.717, 1.165) is 21.7 Å². The molecule has 0 fully saturated rings. The third-order valence-corrected chi connectivity index (χ3v) is 6.33. The second kappa shape index (κ2) is 12.2. The van der Waals surface area contributed by atoms with Gasteiger partial charge in [0.2, 0.25) is 0 Å². The Labute approximate surface area is 243 Å². The Morgan fingerprint density at radius 2 is 1.72 bits per heavy atom. The number of nitrogens with zero attached hydrogens (tertiary/aromatic N) is 4. The van der Waals surface area contributed by atoms with E-state index in [-0.39, 0.29) is 30.3 Å². The number of nitrogens with one attached hydrogen (secondary N) is 1. The molecule has 230 valence electrons. The lowest BCUT2D eigenvalue weighted by Gasteiger charge is -2.26. The lowest BCUT2D eigenvalue weighted by atomic mass is 10.2. The number of carbonyl (C=O) groups excluding carboxylic acids is 1. The third-order valence-electron chi connectivity index (χ3n) is 6.33. The molecule has 0 atom stereocenters. The molecule has 0 saturated heterocycles. The number of hydrogen-bond donors (Lipinski definition) is 2. The van der Waals surface area contributed by atoms with Crippen molar-refractivity contribution in [1.29, 1.82) is 0 Å². The average Bonchev–Trinajstić information content (AvgIpc) is 3.39. The maximum absolute atomic E-state index is 13.3. The Bertz CT molecular complexity index is 1630. The molecule has 3 aromatic rings. The number of carboxylic acid groups (broad SMARTS) is 1. The number of anilines is 2. The number of pyridine rings is 1. The summed E-state index contributed by atoms with van der Waals surface area (Å²) in [4.78, 5) is 51.3. The Morgan fingerprint density at radius 3 is 2.35 bits per heavy atom. The molecule has 43 heavy (non-hydrogen) atoms. The van der Waals surface area contributed by atoms with Gasteiger partial charge in [-0.2, -0.15) is 4.68 Å². The van der Waals surface area contributed by atoms with Crippen molar-refractivity contribution in [3.8, 4) is 11.4 Å². The first-order chi connectivity index (χ1) is 20.1. The van der Waals surface area contributed by atoms with Crippen LogP contribution in [0.3, 0.4) is 0 Å². The van der Waals surface area contributed by atoms with E-state index in [1.807, 2.05) is 0 Å². The summed E-state index contributed by atoms with van der Waals surface area (Å²) in [6.45, 7) is 4.15. The first kappa shape index (κ1) is 31.1. The van der Waals surface area contributed by atoms with Crippen molar-refractivity contribution in [3.63, 3.8) is 0 Å². The molecule has 4 rings (SSSR count). The van der Waals surface area contributed by atoms with Crippen molar-refractivity contribution >= 4 is 23.6 Å². The molecule has 1 aromatic carbocycles. The van der Waals surface area contributed by atoms with Crippen molar-refractivity contribution in [2.45, 2.75) is 58.5 Å². The Balaban J connectivity index is 1.60. The highest BCUT2D eigenvalue weighted by Crippen LogP contribution is 2.28. The zero-order valence-electron chi connectivity index (χ0n) is 23.6. The average molecular weight is 606 g/mol. The van der Waals surface area contributed by atoms with Crippen molar-refractivity contribution < 1.29 is 37.3 Å². The maximum Gasteiger partial charge on any atom is 0.573 e. The van der Waals surface area contributed by atoms with Crippen LogP contribution in [-0.4, -0.2) is 61.5 Å². The number of carboxylic acids is 1. The number of benzene rings is 1. The summed E-state index contributed by atoms with van der Waals surface area (Å²) in [5.74, 6) is -1.47. The number of halogens is 3. The number of aromatic nitrogens is 3. The second-order valence-electron chi connectivity index (χ2n) is 10.8. The van der Waals surface area contributed by atoms with Gasteiger partial charge in [0, 0.05) is 30.4 Å². The van der Waals surface area contributed by atoms with E-state index in [9.17, 15) is 37.5 Å². The topological polar surface area (TPSA) is 145 Å². The molecule has 2 aromatic heterocycles. The summed E-state index contributed by atoms with van der Waals surface area (Å²) in [5.41, 5.74) is -0.363. The smallest absolute Gasteiger partial charge is 0.480 e. The minimum atomic E-state index is -4.87. The van der Waals surface area contributed by atoms with Gasteiger partial charge in [0.05, 0.1) is 5.69 Å². The molecular formula is C28H30F3N5O7. The Hall–Kier alpha value is -4.82. The molecule has 1 aliphatic rings. The number of carbonyl (C=O) groups is 2. The van der Waals surface area contributed by atoms with Gasteiger partial charge in [0.1, 0.15) is 23.6 Å². The van der Waals surface area contributed by atoms with Crippen LogP contribution in [0.15, 0.2) is 52.2 Å². The maximum atomic E-state index is 13.3. The van der Waals surface area contributed by atoms with Gasteiger partial charge in [-0.1, -0.05) is 0 Å². The van der Waals surface area contributed by atoms with Crippen LogP contribution in [0.1, 0.15) is 38.3 Å². The zero-order valence-corrected chi connectivity index (χ0v) is 23.6. The predicted octanol–water partition coefficient (Wildman–Crippen LogP) is 3.85. The van der Waals surface area contributed by atoms with Crippen molar-refractivity contribution in [2.24, 2.45) is 0 Å². The van der Waals surface area contributed by atoms with Gasteiger partial charge < -0.3 is 24.5 Å². The number of ether oxygens (including phenoxy) is 2. The Kier molecular flexibility index (Phi) is 8.82. The Morgan fingerprint density at radius 1 is 1.05 bits per heavy atom. The van der Waals surface area contributed by atoms with Crippen molar-refractivity contribution in [2.75, 3.05) is 18.4 Å². The first-order valence-corrected chi connectivity index (χ1v) is 13.3. The van der Waals surface area contributed by atoms with Gasteiger partial charge in [-0.25, -0.2) is 4.79 Å². The van der Waals surface area contributed by atoms with E-state index in [0.29, 0.717) is 30.4 Å². The summed E-state index contributed by atoms with van der Waals surface area (Å²) < 4.78 is 49.2. The predicted molar refractivity (Wildman–Crippen MR) is 148 cm³/mol. The second-order valence-corrected chi connectivity index (χ2v) is 10.8. The van der Waals surface area contributed by atoms with Crippen LogP contribution in [0, 0.1) is 0 Å². The van der Waals surface area contributed by atoms with Gasteiger partial charge in [-0.15, -0.1) is 18.3 Å². The van der Waals surface area contributed by atoms with Crippen LogP contribution >= 0.6 is 0 Å². The van der Waals surface area contributed by atoms with E-state index >= 15 is 0 Å². The molecule has 0 aliphatic heterocycles. The molecule has 1 aliphatic carbocycles. The molecule has 0 spiro atoms. The summed E-state index contributed by atoms with van der Waals surface area (Å²) in [6, 6.07) is 7.75. The number of aliphatic carboxylic acids is 1. The fourth-order valence-corrected chi connectivity index (χ4v) is 4.53. The van der Waals surface area contributed by atoms with Crippen LogP contribution in [0.4, 0.5) is 29.5 Å². The van der Waals surface area contributed by atoms with E-state index in [2.05, 4.69) is 15.2 Å². The van der Waals surface area contributed by atoms with Gasteiger partial charge in [-0.3, -0.25) is 19.3 Å². The SMILES string of the molecule is CC(C)(C)OC(=O)N(CCn1cccc(Nc2nn(-c3ccc(OC(F)(F)F)cc3)c(=O)c3c2CCC3)c1=O)CC(=O)O. The van der Waals surface area contributed by atoms with E-state index in [1.54, 1.807) is 26.8 Å². The molecular weight excluding hydrogens is 575 g/mol. The lowest BCUT2D eigenvalue weighted by Crippen LogP contribution is -2.42. The van der Waals surface area contributed by atoms with Crippen LogP contribution in [0.2, 0.25) is 0 Å². The number of alkyl halides is 3. The summed E-state index contributed by atoms with van der Waals surface area (Å²) in [5, 5.41) is 16.6. The van der Waals surface area contributed by atoms with Gasteiger partial charge >= 0.3 is 18.4 Å². The molecule has 0 bridgehead atoms. The first-order valence-electron chi connectivity index (χ1n) is 13.3. The third kappa shape index (κ3) is 7.93. The normalized spacial score (nSPS) is 12.9. The highest BCUT2D eigenvalue weighted by atomic mass is 19.4. The van der Waals surface area contributed by atoms with E-state index in [4.69, 9.17) is 4.74 Å². The van der Waals surface area contributed by atoms with Crippen LogP contribution < -0.4 is 21.2 Å². The lowest BCUT2D eigenvalue weighted by molar-refractivity contribution is -0.274. The summed E-state index contributed by atoms with van der Waals surface area (Å²) >= 11 is 0.